The fourth-order valence-electron chi connectivity index (χ4n) is 2.43. The lowest BCUT2D eigenvalue weighted by Crippen LogP contribution is -2.06. The maximum absolute atomic E-state index is 11.8. The van der Waals surface area contributed by atoms with Gasteiger partial charge in [0.05, 0.1) is 18.3 Å². The van der Waals surface area contributed by atoms with Crippen molar-refractivity contribution in [1.82, 2.24) is 4.98 Å². The van der Waals surface area contributed by atoms with Crippen LogP contribution in [0.25, 0.3) is 10.9 Å². The molecule has 0 fully saturated rings. The summed E-state index contributed by atoms with van der Waals surface area (Å²) in [6.45, 7) is 1.53. The van der Waals surface area contributed by atoms with Gasteiger partial charge in [0.25, 0.3) is 0 Å². The molecule has 3 rings (SSSR count). The molecule has 120 valence electrons. The summed E-state index contributed by atoms with van der Waals surface area (Å²) in [5, 5.41) is 4.16. The van der Waals surface area contributed by atoms with Crippen molar-refractivity contribution in [1.29, 1.82) is 0 Å². The molecule has 0 atom stereocenters. The number of para-hydroxylation sites is 1. The Morgan fingerprint density at radius 3 is 2.42 bits per heavy atom. The highest BCUT2D eigenvalue weighted by Gasteiger charge is 2.12. The summed E-state index contributed by atoms with van der Waals surface area (Å²) >= 11 is 0. The normalized spacial score (nSPS) is 10.4. The van der Waals surface area contributed by atoms with Crippen LogP contribution < -0.4 is 5.32 Å². The Hall–Kier alpha value is -3.21. The van der Waals surface area contributed by atoms with E-state index in [4.69, 9.17) is 4.74 Å². The van der Waals surface area contributed by atoms with Gasteiger partial charge in [0.15, 0.2) is 11.5 Å². The second-order valence-corrected chi connectivity index (χ2v) is 5.32. The number of hydrogen-bond donors (Lipinski definition) is 1. The molecule has 0 bridgehead atoms. The number of ketones is 1. The molecular formula is C19H16N2O3. The molecule has 5 heteroatoms. The molecule has 0 saturated heterocycles. The van der Waals surface area contributed by atoms with Crippen molar-refractivity contribution >= 4 is 34.0 Å². The Morgan fingerprint density at radius 1 is 1.04 bits per heavy atom. The van der Waals surface area contributed by atoms with Gasteiger partial charge in [0.1, 0.15) is 0 Å². The van der Waals surface area contributed by atoms with Crippen LogP contribution in [0.4, 0.5) is 11.4 Å². The van der Waals surface area contributed by atoms with Gasteiger partial charge in [-0.05, 0) is 43.3 Å². The third kappa shape index (κ3) is 3.10. The average Bonchev–Trinajstić information content (AvgIpc) is 2.61. The number of hydrogen-bond acceptors (Lipinski definition) is 5. The number of nitrogens with one attached hydrogen (secondary N) is 1. The van der Waals surface area contributed by atoms with Crippen LogP contribution in [0.1, 0.15) is 27.8 Å². The molecule has 1 heterocycles. The quantitative estimate of drug-likeness (QED) is 0.582. The van der Waals surface area contributed by atoms with E-state index in [9.17, 15) is 9.59 Å². The molecule has 0 aliphatic rings. The van der Waals surface area contributed by atoms with Crippen molar-refractivity contribution in [2.45, 2.75) is 6.92 Å². The predicted octanol–water partition coefficient (Wildman–Crippen LogP) is 3.97. The van der Waals surface area contributed by atoms with Crippen molar-refractivity contribution in [2.24, 2.45) is 0 Å². The lowest BCUT2D eigenvalue weighted by molar-refractivity contribution is 0.0594. The molecule has 5 nitrogen and oxygen atoms in total. The summed E-state index contributed by atoms with van der Waals surface area (Å²) in [5.74, 6) is -0.473. The highest BCUT2D eigenvalue weighted by atomic mass is 16.5. The average molecular weight is 320 g/mol. The van der Waals surface area contributed by atoms with Gasteiger partial charge in [-0.2, -0.15) is 0 Å². The molecule has 0 spiro atoms. The summed E-state index contributed by atoms with van der Waals surface area (Å²) in [4.78, 5) is 27.5. The van der Waals surface area contributed by atoms with Crippen LogP contribution in [0.15, 0.2) is 54.6 Å². The molecule has 24 heavy (non-hydrogen) atoms. The van der Waals surface area contributed by atoms with Crippen LogP contribution in [-0.2, 0) is 4.74 Å². The largest absolute Gasteiger partial charge is 0.464 e. The Kier molecular flexibility index (Phi) is 4.24. The van der Waals surface area contributed by atoms with E-state index in [0.29, 0.717) is 11.1 Å². The fraction of sp³-hybridized carbons (Fsp3) is 0.105. The number of fused-ring (bicyclic) bond motifs is 1. The standard InChI is InChI=1S/C19H16N2O3/c1-12(22)13-7-9-14(10-8-13)20-17-11-18(19(23)24-2)21-16-6-4-3-5-15(16)17/h3-11H,1-2H3,(H,20,21). The van der Waals surface area contributed by atoms with Crippen molar-refractivity contribution in [2.75, 3.05) is 12.4 Å². The minimum atomic E-state index is -0.490. The summed E-state index contributed by atoms with van der Waals surface area (Å²) in [5.41, 5.74) is 3.14. The second-order valence-electron chi connectivity index (χ2n) is 5.32. The molecule has 0 unspecified atom stereocenters. The SMILES string of the molecule is COC(=O)c1cc(Nc2ccc(C(C)=O)cc2)c2ccccc2n1. The van der Waals surface area contributed by atoms with Crippen LogP contribution in [0.5, 0.6) is 0 Å². The van der Waals surface area contributed by atoms with Gasteiger partial charge >= 0.3 is 5.97 Å². The summed E-state index contributed by atoms with van der Waals surface area (Å²) in [7, 11) is 1.33. The number of anilines is 2. The third-order valence-electron chi connectivity index (χ3n) is 3.68. The number of ether oxygens (including phenoxy) is 1. The molecule has 2 aromatic carbocycles. The van der Waals surface area contributed by atoms with Crippen LogP contribution in [0, 0.1) is 0 Å². The first kappa shape index (κ1) is 15.7. The van der Waals surface area contributed by atoms with E-state index in [1.54, 1.807) is 18.2 Å². The summed E-state index contributed by atoms with van der Waals surface area (Å²) < 4.78 is 4.77. The number of rotatable bonds is 4. The first-order valence-corrected chi connectivity index (χ1v) is 7.44. The van der Waals surface area contributed by atoms with Crippen LogP contribution in [-0.4, -0.2) is 23.8 Å². The van der Waals surface area contributed by atoms with Crippen molar-refractivity contribution in [3.63, 3.8) is 0 Å². The van der Waals surface area contributed by atoms with Gasteiger partial charge in [0.2, 0.25) is 0 Å². The van der Waals surface area contributed by atoms with E-state index in [-0.39, 0.29) is 11.5 Å². The number of carbonyl (C=O) groups excluding carboxylic acids is 2. The van der Waals surface area contributed by atoms with Gasteiger partial charge in [-0.15, -0.1) is 0 Å². The van der Waals surface area contributed by atoms with E-state index in [1.807, 2.05) is 36.4 Å². The Morgan fingerprint density at radius 2 is 1.75 bits per heavy atom. The molecule has 1 aromatic heterocycles. The second kappa shape index (κ2) is 6.50. The van der Waals surface area contributed by atoms with Crippen LogP contribution in [0.2, 0.25) is 0 Å². The number of carbonyl (C=O) groups is 2. The lowest BCUT2D eigenvalue weighted by Gasteiger charge is -2.11. The molecule has 0 amide bonds. The lowest BCUT2D eigenvalue weighted by atomic mass is 10.1. The van der Waals surface area contributed by atoms with Gasteiger partial charge in [-0.3, -0.25) is 4.79 Å². The number of esters is 1. The maximum atomic E-state index is 11.8. The minimum Gasteiger partial charge on any atom is -0.464 e. The number of aromatic nitrogens is 1. The van der Waals surface area contributed by atoms with Crippen LogP contribution in [0.3, 0.4) is 0 Å². The number of Topliss-reactive ketones (excluding diaryl/α,β-unsaturated/α-hetero) is 1. The van der Waals surface area contributed by atoms with E-state index in [1.165, 1.54) is 14.0 Å². The molecule has 1 N–H and O–H groups in total. The number of pyridine rings is 1. The van der Waals surface area contributed by atoms with E-state index in [0.717, 1.165) is 16.8 Å². The van der Waals surface area contributed by atoms with Crippen molar-refractivity contribution < 1.29 is 14.3 Å². The first-order valence-electron chi connectivity index (χ1n) is 7.44. The van der Waals surface area contributed by atoms with Gasteiger partial charge < -0.3 is 10.1 Å². The van der Waals surface area contributed by atoms with E-state index >= 15 is 0 Å². The first-order chi connectivity index (χ1) is 11.6. The molecule has 3 aromatic rings. The smallest absolute Gasteiger partial charge is 0.356 e. The summed E-state index contributed by atoms with van der Waals surface area (Å²) in [6, 6.07) is 16.4. The van der Waals surface area contributed by atoms with Gasteiger partial charge in [-0.1, -0.05) is 18.2 Å². The molecule has 0 radical (unpaired) electrons. The zero-order valence-electron chi connectivity index (χ0n) is 13.4. The number of methoxy groups -OCH3 is 1. The minimum absolute atomic E-state index is 0.0175. The fourth-order valence-corrected chi connectivity index (χ4v) is 2.43. The number of nitrogens with zero attached hydrogens (tertiary/aromatic N) is 1. The molecule has 0 saturated carbocycles. The van der Waals surface area contributed by atoms with E-state index < -0.39 is 5.97 Å². The number of benzene rings is 2. The van der Waals surface area contributed by atoms with Gasteiger partial charge in [-0.25, -0.2) is 9.78 Å². The Bertz CT molecular complexity index is 918. The molecule has 0 aliphatic carbocycles. The third-order valence-corrected chi connectivity index (χ3v) is 3.68. The maximum Gasteiger partial charge on any atom is 0.356 e. The van der Waals surface area contributed by atoms with Gasteiger partial charge in [0, 0.05) is 16.6 Å². The highest BCUT2D eigenvalue weighted by Crippen LogP contribution is 2.27. The summed E-state index contributed by atoms with van der Waals surface area (Å²) in [6.07, 6.45) is 0. The Balaban J connectivity index is 2.04. The zero-order valence-corrected chi connectivity index (χ0v) is 13.4. The highest BCUT2D eigenvalue weighted by molar-refractivity contribution is 5.99. The van der Waals surface area contributed by atoms with E-state index in [2.05, 4.69) is 10.3 Å². The van der Waals surface area contributed by atoms with Crippen molar-refractivity contribution in [3.05, 3.63) is 65.9 Å². The molecular weight excluding hydrogens is 304 g/mol. The van der Waals surface area contributed by atoms with Crippen molar-refractivity contribution in [3.8, 4) is 0 Å². The monoisotopic (exact) mass is 320 g/mol. The Labute approximate surface area is 139 Å². The zero-order chi connectivity index (χ0) is 17.1. The topological polar surface area (TPSA) is 68.3 Å². The molecule has 0 aliphatic heterocycles. The van der Waals surface area contributed by atoms with Crippen LogP contribution >= 0.6 is 0 Å². The predicted molar refractivity (Wildman–Crippen MR) is 92.8 cm³/mol.